The van der Waals surface area contributed by atoms with Gasteiger partial charge in [0.2, 0.25) is 0 Å². The highest BCUT2D eigenvalue weighted by molar-refractivity contribution is 7.66. The standard InChI is InChI=1S/C11H17FN3O12P3/c1-6(12)7-4-10(15-3-2-9(13)14-11(15)16)25-8(7)5-24-29(20,21)27-30(22,23)26-28(17,18)19/h2-3,7-8,10H,1,4-5H2,(H,20,21)(H,22,23)(H2,13,14,16)(H2,17,18,19). The first-order chi connectivity index (χ1) is 13.6. The molecule has 5 unspecified atom stereocenters. The van der Waals surface area contributed by atoms with Gasteiger partial charge in [-0.1, -0.05) is 6.58 Å². The van der Waals surface area contributed by atoms with E-state index in [1.54, 1.807) is 0 Å². The molecule has 1 aliphatic heterocycles. The number of ether oxygens (including phenoxy) is 1. The minimum atomic E-state index is -5.70. The Hall–Kier alpha value is -1.28. The largest absolute Gasteiger partial charge is 0.490 e. The molecule has 1 aromatic heterocycles. The Morgan fingerprint density at radius 2 is 1.93 bits per heavy atom. The third-order valence-corrected chi connectivity index (χ3v) is 7.42. The van der Waals surface area contributed by atoms with E-state index in [1.165, 1.54) is 12.3 Å². The van der Waals surface area contributed by atoms with Gasteiger partial charge in [-0.3, -0.25) is 9.09 Å². The molecule has 0 saturated carbocycles. The summed E-state index contributed by atoms with van der Waals surface area (Å²) in [5.74, 6) is -2.09. The molecule has 0 aliphatic carbocycles. The minimum Gasteiger partial charge on any atom is -0.383 e. The molecule has 5 atom stereocenters. The maximum atomic E-state index is 13.8. The number of rotatable bonds is 9. The zero-order valence-corrected chi connectivity index (χ0v) is 17.4. The smallest absolute Gasteiger partial charge is 0.383 e. The van der Waals surface area contributed by atoms with Crippen LogP contribution in [-0.4, -0.2) is 41.8 Å². The van der Waals surface area contributed by atoms with E-state index in [4.69, 9.17) is 25.2 Å². The second-order valence-electron chi connectivity index (χ2n) is 5.85. The predicted octanol–water partition coefficient (Wildman–Crippen LogP) is 0.556. The van der Waals surface area contributed by atoms with Crippen molar-refractivity contribution in [3.8, 4) is 0 Å². The van der Waals surface area contributed by atoms with Crippen molar-refractivity contribution in [2.45, 2.75) is 18.8 Å². The Morgan fingerprint density at radius 3 is 2.47 bits per heavy atom. The number of nitrogens with zero attached hydrogens (tertiary/aromatic N) is 2. The van der Waals surface area contributed by atoms with Crippen LogP contribution in [0.5, 0.6) is 0 Å². The number of hydrogen-bond donors (Lipinski definition) is 5. The molecular formula is C11H17FN3O12P3. The summed E-state index contributed by atoms with van der Waals surface area (Å²) in [5.41, 5.74) is 4.57. The highest BCUT2D eigenvalue weighted by Crippen LogP contribution is 2.66. The lowest BCUT2D eigenvalue weighted by Crippen LogP contribution is -2.28. The van der Waals surface area contributed by atoms with Gasteiger partial charge in [0.1, 0.15) is 12.0 Å². The summed E-state index contributed by atoms with van der Waals surface area (Å²) < 4.78 is 65.5. The topological polar surface area (TPSA) is 230 Å². The minimum absolute atomic E-state index is 0.0649. The average Bonchev–Trinajstić information content (AvgIpc) is 2.93. The molecule has 1 saturated heterocycles. The van der Waals surface area contributed by atoms with Crippen molar-refractivity contribution in [3.05, 3.63) is 35.2 Å². The fourth-order valence-corrected chi connectivity index (χ4v) is 5.53. The van der Waals surface area contributed by atoms with Crippen LogP contribution in [0.4, 0.5) is 10.2 Å². The van der Waals surface area contributed by atoms with Crippen molar-refractivity contribution in [3.63, 3.8) is 0 Å². The maximum Gasteiger partial charge on any atom is 0.490 e. The first-order valence-corrected chi connectivity index (χ1v) is 12.2. The van der Waals surface area contributed by atoms with Crippen molar-refractivity contribution >= 4 is 29.3 Å². The van der Waals surface area contributed by atoms with Crippen molar-refractivity contribution in [2.75, 3.05) is 12.3 Å². The molecule has 1 aliphatic rings. The Bertz CT molecular complexity index is 1010. The molecular weight excluding hydrogens is 478 g/mol. The maximum absolute atomic E-state index is 13.8. The lowest BCUT2D eigenvalue weighted by Gasteiger charge is -2.20. The molecule has 1 aromatic rings. The van der Waals surface area contributed by atoms with E-state index in [-0.39, 0.29) is 12.2 Å². The number of anilines is 1. The van der Waals surface area contributed by atoms with Crippen molar-refractivity contribution in [1.82, 2.24) is 9.55 Å². The molecule has 2 heterocycles. The number of phosphoric acid groups is 3. The molecule has 0 aromatic carbocycles. The molecule has 1 fully saturated rings. The first kappa shape index (κ1) is 25.0. The quantitative estimate of drug-likeness (QED) is 0.295. The van der Waals surface area contributed by atoms with Gasteiger partial charge in [0.25, 0.3) is 0 Å². The Morgan fingerprint density at radius 1 is 1.30 bits per heavy atom. The number of phosphoric ester groups is 1. The molecule has 30 heavy (non-hydrogen) atoms. The number of hydrogen-bond acceptors (Lipinski definition) is 10. The van der Waals surface area contributed by atoms with Crippen LogP contribution in [0.15, 0.2) is 29.5 Å². The van der Waals surface area contributed by atoms with E-state index in [1.807, 2.05) is 0 Å². The van der Waals surface area contributed by atoms with E-state index >= 15 is 0 Å². The number of aromatic nitrogens is 2. The number of nitrogens with two attached hydrogens (primary N) is 1. The summed E-state index contributed by atoms with van der Waals surface area (Å²) in [4.78, 5) is 50.9. The highest BCUT2D eigenvalue weighted by atomic mass is 31.3. The highest BCUT2D eigenvalue weighted by Gasteiger charge is 2.43. The van der Waals surface area contributed by atoms with Gasteiger partial charge in [0, 0.05) is 18.5 Å². The van der Waals surface area contributed by atoms with Crippen molar-refractivity contribution in [1.29, 1.82) is 0 Å². The van der Waals surface area contributed by atoms with Gasteiger partial charge < -0.3 is 30.0 Å². The fraction of sp³-hybridized carbons (Fsp3) is 0.455. The lowest BCUT2D eigenvalue weighted by atomic mass is 10.0. The average molecular weight is 495 g/mol. The fourth-order valence-electron chi connectivity index (χ4n) is 2.50. The molecule has 2 rings (SSSR count). The van der Waals surface area contributed by atoms with Crippen LogP contribution in [0, 0.1) is 5.92 Å². The van der Waals surface area contributed by atoms with Crippen LogP contribution < -0.4 is 11.4 Å². The third-order valence-electron chi connectivity index (χ3n) is 3.62. The van der Waals surface area contributed by atoms with Crippen LogP contribution in [-0.2, 0) is 31.6 Å². The van der Waals surface area contributed by atoms with E-state index < -0.39 is 59.8 Å². The van der Waals surface area contributed by atoms with Crippen LogP contribution in [0.3, 0.4) is 0 Å². The second-order valence-corrected chi connectivity index (χ2v) is 10.3. The first-order valence-electron chi connectivity index (χ1n) is 7.71. The zero-order chi connectivity index (χ0) is 22.9. The second kappa shape index (κ2) is 9.07. The van der Waals surface area contributed by atoms with E-state index in [9.17, 15) is 27.8 Å². The SMILES string of the molecule is C=C(F)C1CC(n2ccc(N)nc2=O)OC1COP(=O)(O)OP(=O)(O)OP(=O)(O)O. The Kier molecular flexibility index (Phi) is 7.55. The Labute approximate surface area is 167 Å². The van der Waals surface area contributed by atoms with Crippen LogP contribution in [0.2, 0.25) is 0 Å². The normalized spacial score (nSPS) is 26.1. The third kappa shape index (κ3) is 7.15. The van der Waals surface area contributed by atoms with Crippen LogP contribution in [0.25, 0.3) is 0 Å². The van der Waals surface area contributed by atoms with Gasteiger partial charge in [0.05, 0.1) is 18.5 Å². The monoisotopic (exact) mass is 495 g/mol. The van der Waals surface area contributed by atoms with E-state index in [2.05, 4.69) is 24.7 Å². The number of nitrogen functional groups attached to an aromatic ring is 1. The molecule has 170 valence electrons. The summed E-state index contributed by atoms with van der Waals surface area (Å²) >= 11 is 0. The number of halogens is 1. The summed E-state index contributed by atoms with van der Waals surface area (Å²) in [6, 6.07) is 1.28. The van der Waals surface area contributed by atoms with E-state index in [0.29, 0.717) is 0 Å². The van der Waals surface area contributed by atoms with Gasteiger partial charge in [-0.2, -0.15) is 13.6 Å². The van der Waals surface area contributed by atoms with Gasteiger partial charge in [-0.05, 0) is 6.07 Å². The molecule has 0 amide bonds. The molecule has 0 spiro atoms. The summed E-state index contributed by atoms with van der Waals surface area (Å²) in [5, 5.41) is 0. The predicted molar refractivity (Wildman–Crippen MR) is 95.0 cm³/mol. The summed E-state index contributed by atoms with van der Waals surface area (Å²) in [7, 11) is -16.7. The molecule has 0 bridgehead atoms. The van der Waals surface area contributed by atoms with Gasteiger partial charge in [-0.15, -0.1) is 0 Å². The summed E-state index contributed by atoms with van der Waals surface area (Å²) in [6.07, 6.45) is -1.29. The van der Waals surface area contributed by atoms with E-state index in [0.717, 1.165) is 4.57 Å². The Balaban J connectivity index is 2.09. The molecule has 19 heteroatoms. The van der Waals surface area contributed by atoms with Crippen LogP contribution in [0.1, 0.15) is 12.6 Å². The summed E-state index contributed by atoms with van der Waals surface area (Å²) in [6.45, 7) is 2.22. The van der Waals surface area contributed by atoms with Gasteiger partial charge in [0.15, 0.2) is 0 Å². The van der Waals surface area contributed by atoms with Gasteiger partial charge in [-0.25, -0.2) is 22.9 Å². The molecule has 6 N–H and O–H groups in total. The van der Waals surface area contributed by atoms with Crippen molar-refractivity contribution in [2.24, 2.45) is 5.92 Å². The molecule has 15 nitrogen and oxygen atoms in total. The van der Waals surface area contributed by atoms with Crippen LogP contribution >= 0.6 is 23.5 Å². The zero-order valence-electron chi connectivity index (χ0n) is 14.8. The van der Waals surface area contributed by atoms with Gasteiger partial charge >= 0.3 is 29.2 Å². The lowest BCUT2D eigenvalue weighted by molar-refractivity contribution is -0.0307. The van der Waals surface area contributed by atoms with Crippen molar-refractivity contribution < 1.29 is 55.5 Å². The molecule has 0 radical (unpaired) electrons.